The van der Waals surface area contributed by atoms with Crippen molar-refractivity contribution >= 4 is 34.5 Å². The van der Waals surface area contributed by atoms with Gasteiger partial charge in [-0.05, 0) is 35.9 Å². The van der Waals surface area contributed by atoms with Gasteiger partial charge in [0.25, 0.3) is 0 Å². The van der Waals surface area contributed by atoms with Gasteiger partial charge in [0.2, 0.25) is 11.8 Å². The van der Waals surface area contributed by atoms with Crippen LogP contribution in [0.3, 0.4) is 0 Å². The van der Waals surface area contributed by atoms with Gasteiger partial charge in [-0.1, -0.05) is 18.2 Å². The first kappa shape index (κ1) is 18.0. The molecule has 7 heteroatoms. The molecule has 0 fully saturated rings. The fraction of sp³-hybridized carbons (Fsp3) is 0.158. The van der Waals surface area contributed by atoms with Crippen molar-refractivity contribution in [3.05, 3.63) is 66.1 Å². The van der Waals surface area contributed by atoms with E-state index in [4.69, 9.17) is 0 Å². The molecule has 26 heavy (non-hydrogen) atoms. The van der Waals surface area contributed by atoms with Crippen molar-refractivity contribution in [3.8, 4) is 0 Å². The minimum Gasteiger partial charge on any atom is -0.361 e. The van der Waals surface area contributed by atoms with E-state index in [1.807, 2.05) is 24.3 Å². The van der Waals surface area contributed by atoms with Crippen LogP contribution in [0.4, 0.5) is 4.39 Å². The topological polar surface area (TPSA) is 74.0 Å². The number of benzene rings is 2. The fourth-order valence-corrected chi connectivity index (χ4v) is 3.34. The van der Waals surface area contributed by atoms with Gasteiger partial charge in [-0.15, -0.1) is 11.8 Å². The number of thioether (sulfide) groups is 1. The number of aromatic nitrogens is 1. The number of halogens is 1. The lowest BCUT2D eigenvalue weighted by Gasteiger charge is -2.07. The van der Waals surface area contributed by atoms with E-state index < -0.39 is 0 Å². The van der Waals surface area contributed by atoms with Crippen LogP contribution >= 0.6 is 11.8 Å². The summed E-state index contributed by atoms with van der Waals surface area (Å²) in [4.78, 5) is 27.8. The largest absolute Gasteiger partial charge is 0.361 e. The monoisotopic (exact) mass is 371 g/mol. The molecule has 0 bridgehead atoms. The lowest BCUT2D eigenvalue weighted by Crippen LogP contribution is -2.42. The third-order valence-electron chi connectivity index (χ3n) is 3.78. The van der Waals surface area contributed by atoms with E-state index in [-0.39, 0.29) is 30.5 Å². The summed E-state index contributed by atoms with van der Waals surface area (Å²) in [6.45, 7) is 0. The van der Waals surface area contributed by atoms with Crippen molar-refractivity contribution in [2.75, 3.05) is 5.75 Å². The van der Waals surface area contributed by atoms with E-state index in [0.717, 1.165) is 21.4 Å². The highest BCUT2D eigenvalue weighted by Crippen LogP contribution is 2.19. The van der Waals surface area contributed by atoms with Gasteiger partial charge in [-0.3, -0.25) is 20.4 Å². The Kier molecular flexibility index (Phi) is 5.91. The molecule has 0 atom stereocenters. The summed E-state index contributed by atoms with van der Waals surface area (Å²) in [6.07, 6.45) is 2.22. The van der Waals surface area contributed by atoms with E-state index >= 15 is 0 Å². The average molecular weight is 371 g/mol. The number of nitrogens with one attached hydrogen (secondary N) is 3. The highest BCUT2D eigenvalue weighted by atomic mass is 32.2. The van der Waals surface area contributed by atoms with Crippen LogP contribution in [-0.4, -0.2) is 22.6 Å². The molecule has 3 N–H and O–H groups in total. The van der Waals surface area contributed by atoms with Gasteiger partial charge in [-0.25, -0.2) is 4.39 Å². The number of rotatable bonds is 6. The molecule has 0 aliphatic carbocycles. The molecule has 0 aliphatic heterocycles. The number of hydrogen-bond donors (Lipinski definition) is 3. The molecule has 5 nitrogen and oxygen atoms in total. The molecule has 0 radical (unpaired) electrons. The number of fused-ring (bicyclic) bond motifs is 1. The van der Waals surface area contributed by atoms with Gasteiger partial charge in [0.1, 0.15) is 5.82 Å². The third-order valence-corrected chi connectivity index (χ3v) is 4.79. The maximum absolute atomic E-state index is 12.8. The van der Waals surface area contributed by atoms with E-state index in [1.165, 1.54) is 23.9 Å². The van der Waals surface area contributed by atoms with E-state index in [2.05, 4.69) is 15.8 Å². The summed E-state index contributed by atoms with van der Waals surface area (Å²) in [5, 5.41) is 0.990. The number of carbonyl (C=O) groups is 2. The number of para-hydroxylation sites is 1. The predicted molar refractivity (Wildman–Crippen MR) is 100 cm³/mol. The maximum atomic E-state index is 12.8. The molecule has 0 saturated carbocycles. The molecule has 0 saturated heterocycles. The van der Waals surface area contributed by atoms with Crippen LogP contribution < -0.4 is 10.9 Å². The molecule has 3 aromatic rings. The Balaban J connectivity index is 1.39. The minimum absolute atomic E-state index is 0.175. The van der Waals surface area contributed by atoms with Gasteiger partial charge in [0.05, 0.1) is 6.42 Å². The second-order valence-corrected chi connectivity index (χ2v) is 6.85. The first-order valence-corrected chi connectivity index (χ1v) is 9.11. The molecule has 0 aliphatic rings. The number of hydrazine groups is 1. The summed E-state index contributed by atoms with van der Waals surface area (Å²) >= 11 is 1.45. The van der Waals surface area contributed by atoms with Gasteiger partial charge in [-0.2, -0.15) is 0 Å². The number of hydrogen-bond acceptors (Lipinski definition) is 3. The van der Waals surface area contributed by atoms with Crippen molar-refractivity contribution in [3.63, 3.8) is 0 Å². The van der Waals surface area contributed by atoms with Crippen LogP contribution in [0.1, 0.15) is 12.0 Å². The van der Waals surface area contributed by atoms with Crippen LogP contribution in [0, 0.1) is 5.82 Å². The number of carbonyl (C=O) groups excluding carboxylic acids is 2. The smallest absolute Gasteiger partial charge is 0.242 e. The lowest BCUT2D eigenvalue weighted by molar-refractivity contribution is -0.128. The molecule has 0 unspecified atom stereocenters. The van der Waals surface area contributed by atoms with Crippen molar-refractivity contribution < 1.29 is 14.0 Å². The van der Waals surface area contributed by atoms with Gasteiger partial charge in [0, 0.05) is 34.2 Å². The Morgan fingerprint density at radius 2 is 1.73 bits per heavy atom. The summed E-state index contributed by atoms with van der Waals surface area (Å²) in [5.41, 5.74) is 6.69. The summed E-state index contributed by atoms with van der Waals surface area (Å²) in [6, 6.07) is 13.8. The minimum atomic E-state index is -0.287. The standard InChI is InChI=1S/C19H18FN3O2S/c20-14-5-7-15(8-6-14)26-10-9-18(24)22-23-19(25)11-13-12-21-17-4-2-1-3-16(13)17/h1-8,12,21H,9-11H2,(H,22,24)(H,23,25). The quantitative estimate of drug-likeness (QED) is 0.460. The first-order valence-electron chi connectivity index (χ1n) is 8.13. The number of amides is 2. The van der Waals surface area contributed by atoms with Gasteiger partial charge < -0.3 is 4.98 Å². The van der Waals surface area contributed by atoms with E-state index in [0.29, 0.717) is 5.75 Å². The average Bonchev–Trinajstić information content (AvgIpc) is 3.05. The van der Waals surface area contributed by atoms with Crippen molar-refractivity contribution in [1.82, 2.24) is 15.8 Å². The van der Waals surface area contributed by atoms with Crippen molar-refractivity contribution in [2.24, 2.45) is 0 Å². The number of H-pyrrole nitrogens is 1. The maximum Gasteiger partial charge on any atom is 0.242 e. The van der Waals surface area contributed by atoms with Crippen molar-refractivity contribution in [2.45, 2.75) is 17.7 Å². The van der Waals surface area contributed by atoms with Crippen molar-refractivity contribution in [1.29, 1.82) is 0 Å². The normalized spacial score (nSPS) is 10.7. The zero-order valence-corrected chi connectivity index (χ0v) is 14.7. The molecule has 1 heterocycles. The summed E-state index contributed by atoms with van der Waals surface area (Å²) in [7, 11) is 0. The Labute approximate surface area is 154 Å². The zero-order chi connectivity index (χ0) is 18.4. The lowest BCUT2D eigenvalue weighted by atomic mass is 10.1. The molecular formula is C19H18FN3O2S. The second-order valence-electron chi connectivity index (χ2n) is 5.69. The molecule has 1 aromatic heterocycles. The summed E-state index contributed by atoms with van der Waals surface area (Å²) < 4.78 is 12.8. The van der Waals surface area contributed by atoms with Gasteiger partial charge in [0.15, 0.2) is 0 Å². The molecule has 0 spiro atoms. The molecule has 134 valence electrons. The molecule has 2 amide bonds. The highest BCUT2D eigenvalue weighted by Gasteiger charge is 2.09. The number of aromatic amines is 1. The molecule has 2 aromatic carbocycles. The Hall–Kier alpha value is -2.80. The van der Waals surface area contributed by atoms with Gasteiger partial charge >= 0.3 is 0 Å². The zero-order valence-electron chi connectivity index (χ0n) is 13.9. The van der Waals surface area contributed by atoms with Crippen LogP contribution in [0.5, 0.6) is 0 Å². The fourth-order valence-electron chi connectivity index (χ4n) is 2.49. The van der Waals surface area contributed by atoms with Crippen LogP contribution in [0.25, 0.3) is 10.9 Å². The predicted octanol–water partition coefficient (Wildman–Crippen LogP) is 3.18. The van der Waals surface area contributed by atoms with Crippen LogP contribution in [0.15, 0.2) is 59.6 Å². The van der Waals surface area contributed by atoms with E-state index in [9.17, 15) is 14.0 Å². The van der Waals surface area contributed by atoms with E-state index in [1.54, 1.807) is 18.3 Å². The molecule has 3 rings (SSSR count). The Bertz CT molecular complexity index is 909. The highest BCUT2D eigenvalue weighted by molar-refractivity contribution is 7.99. The SMILES string of the molecule is O=C(CCSc1ccc(F)cc1)NNC(=O)Cc1c[nH]c2ccccc12. The second kappa shape index (κ2) is 8.53. The third kappa shape index (κ3) is 4.86. The van der Waals surface area contributed by atoms with Crippen LogP contribution in [-0.2, 0) is 16.0 Å². The first-order chi connectivity index (χ1) is 12.6. The molecular weight excluding hydrogens is 353 g/mol. The summed E-state index contributed by atoms with van der Waals surface area (Å²) in [5.74, 6) is -0.304. The Morgan fingerprint density at radius 1 is 1.00 bits per heavy atom. The van der Waals surface area contributed by atoms with Crippen LogP contribution in [0.2, 0.25) is 0 Å². The Morgan fingerprint density at radius 3 is 2.54 bits per heavy atom.